The van der Waals surface area contributed by atoms with Crippen LogP contribution in [-0.2, 0) is 9.40 Å². The van der Waals surface area contributed by atoms with Crippen LogP contribution in [0.2, 0.25) is 0 Å². The smallest absolute Gasteiger partial charge is 0.203 e. The van der Waals surface area contributed by atoms with E-state index < -0.39 is 13.5 Å². The SMILES string of the molecule is CC(NC[C@H](O)CP(=O)(O)CC1CCCCC1)c1cccc(N2CC=CO2)c1. The molecule has 0 radical (unpaired) electrons. The third-order valence-electron chi connectivity index (χ3n) is 5.64. The maximum atomic E-state index is 12.5. The Kier molecular flexibility index (Phi) is 7.58. The Balaban J connectivity index is 1.46. The number of hydrogen-bond donors (Lipinski definition) is 3. The number of nitrogens with one attached hydrogen (secondary N) is 1. The van der Waals surface area contributed by atoms with Gasteiger partial charge in [-0.1, -0.05) is 31.4 Å². The van der Waals surface area contributed by atoms with E-state index in [0.717, 1.165) is 43.5 Å². The van der Waals surface area contributed by atoms with Crippen LogP contribution in [0.15, 0.2) is 36.6 Å². The fourth-order valence-corrected chi connectivity index (χ4v) is 6.19. The Morgan fingerprint density at radius 2 is 2.11 bits per heavy atom. The van der Waals surface area contributed by atoms with Crippen LogP contribution < -0.4 is 10.4 Å². The molecular weight excluding hydrogens is 375 g/mol. The van der Waals surface area contributed by atoms with Crippen LogP contribution in [-0.4, -0.2) is 41.5 Å². The summed E-state index contributed by atoms with van der Waals surface area (Å²) < 4.78 is 12.5. The summed E-state index contributed by atoms with van der Waals surface area (Å²) in [5.74, 6) is 0.341. The van der Waals surface area contributed by atoms with E-state index in [2.05, 4.69) is 11.4 Å². The van der Waals surface area contributed by atoms with Gasteiger partial charge in [0.1, 0.15) is 6.26 Å². The minimum absolute atomic E-state index is 0.0154. The lowest BCUT2D eigenvalue weighted by molar-refractivity contribution is 0.186. The van der Waals surface area contributed by atoms with Crippen molar-refractivity contribution in [3.8, 4) is 0 Å². The Morgan fingerprint density at radius 3 is 2.82 bits per heavy atom. The van der Waals surface area contributed by atoms with Gasteiger partial charge in [-0.2, -0.15) is 0 Å². The average Bonchev–Trinajstić information content (AvgIpc) is 3.21. The predicted molar refractivity (Wildman–Crippen MR) is 113 cm³/mol. The number of hydrogen-bond acceptors (Lipinski definition) is 5. The van der Waals surface area contributed by atoms with Gasteiger partial charge < -0.3 is 20.2 Å². The standard InChI is InChI=1S/C21H33N2O4P/c1-17(19-9-5-10-20(13-19)23-11-6-12-27-23)22-14-21(24)16-28(25,26)15-18-7-3-2-4-8-18/h5-6,9-10,12-13,17-18,21-22,24H,2-4,7-8,11,14-16H2,1H3,(H,25,26)/t17?,21-/m0/s1. The molecule has 7 heteroatoms. The van der Waals surface area contributed by atoms with E-state index in [4.69, 9.17) is 4.84 Å². The van der Waals surface area contributed by atoms with Gasteiger partial charge in [0.2, 0.25) is 7.37 Å². The molecule has 3 rings (SSSR count). The Hall–Kier alpha value is -1.33. The van der Waals surface area contributed by atoms with E-state index in [1.54, 1.807) is 11.3 Å². The molecule has 1 aliphatic heterocycles. The van der Waals surface area contributed by atoms with Gasteiger partial charge in [0.05, 0.1) is 24.5 Å². The van der Waals surface area contributed by atoms with E-state index in [9.17, 15) is 14.6 Å². The topological polar surface area (TPSA) is 82.0 Å². The molecule has 1 aliphatic carbocycles. The van der Waals surface area contributed by atoms with Crippen LogP contribution in [0.5, 0.6) is 0 Å². The van der Waals surface area contributed by atoms with Crippen molar-refractivity contribution in [1.82, 2.24) is 5.32 Å². The molecule has 1 aromatic carbocycles. The fraction of sp³-hybridized carbons (Fsp3) is 0.619. The van der Waals surface area contributed by atoms with E-state index >= 15 is 0 Å². The number of aliphatic hydroxyl groups excluding tert-OH is 1. The molecule has 0 saturated heterocycles. The molecule has 0 amide bonds. The van der Waals surface area contributed by atoms with Gasteiger partial charge >= 0.3 is 0 Å². The third kappa shape index (κ3) is 6.35. The van der Waals surface area contributed by atoms with Gasteiger partial charge in [-0.3, -0.25) is 4.57 Å². The van der Waals surface area contributed by atoms with Crippen LogP contribution in [0.25, 0.3) is 0 Å². The molecule has 2 aliphatic rings. The second-order valence-corrected chi connectivity index (χ2v) is 10.6. The van der Waals surface area contributed by atoms with Crippen LogP contribution in [0.4, 0.5) is 5.69 Å². The normalized spacial score (nSPS) is 21.9. The summed E-state index contributed by atoms with van der Waals surface area (Å²) in [5, 5.41) is 15.4. The van der Waals surface area contributed by atoms with Crippen molar-refractivity contribution in [2.24, 2.45) is 5.92 Å². The molecule has 3 N–H and O–H groups in total. The van der Waals surface area contributed by atoms with Gasteiger partial charge in [-0.05, 0) is 49.5 Å². The van der Waals surface area contributed by atoms with Crippen molar-refractivity contribution in [1.29, 1.82) is 0 Å². The van der Waals surface area contributed by atoms with Crippen molar-refractivity contribution in [3.05, 3.63) is 42.2 Å². The summed E-state index contributed by atoms with van der Waals surface area (Å²) in [6.45, 7) is 3.04. The third-order valence-corrected chi connectivity index (χ3v) is 7.72. The quantitative estimate of drug-likeness (QED) is 0.539. The average molecular weight is 408 g/mol. The van der Waals surface area contributed by atoms with Crippen LogP contribution in [0.3, 0.4) is 0 Å². The van der Waals surface area contributed by atoms with Gasteiger partial charge in [0, 0.05) is 18.7 Å². The van der Waals surface area contributed by atoms with Crippen LogP contribution >= 0.6 is 7.37 Å². The molecule has 156 valence electrons. The van der Waals surface area contributed by atoms with Gasteiger partial charge in [-0.15, -0.1) is 0 Å². The lowest BCUT2D eigenvalue weighted by Gasteiger charge is -2.25. The first-order valence-electron chi connectivity index (χ1n) is 10.3. The number of aliphatic hydroxyl groups is 1. The summed E-state index contributed by atoms with van der Waals surface area (Å²) in [6, 6.07) is 8.06. The first-order chi connectivity index (χ1) is 13.4. The zero-order chi connectivity index (χ0) is 20.0. The van der Waals surface area contributed by atoms with E-state index in [-0.39, 0.29) is 12.2 Å². The van der Waals surface area contributed by atoms with Gasteiger partial charge in [-0.25, -0.2) is 5.06 Å². The van der Waals surface area contributed by atoms with Crippen molar-refractivity contribution in [2.45, 2.75) is 51.2 Å². The summed E-state index contributed by atoms with van der Waals surface area (Å²) in [6.07, 6.45) is 8.76. The maximum absolute atomic E-state index is 12.5. The largest absolute Gasteiger partial charge is 0.391 e. The number of anilines is 1. The summed E-state index contributed by atoms with van der Waals surface area (Å²) in [5.41, 5.74) is 2.05. The molecule has 0 spiro atoms. The summed E-state index contributed by atoms with van der Waals surface area (Å²) in [4.78, 5) is 15.7. The van der Waals surface area contributed by atoms with Crippen molar-refractivity contribution in [3.63, 3.8) is 0 Å². The molecule has 1 saturated carbocycles. The predicted octanol–water partition coefficient (Wildman–Crippen LogP) is 3.81. The molecule has 3 atom stereocenters. The maximum Gasteiger partial charge on any atom is 0.203 e. The highest BCUT2D eigenvalue weighted by atomic mass is 31.2. The number of nitrogens with zero attached hydrogens (tertiary/aromatic N) is 1. The monoisotopic (exact) mass is 408 g/mol. The van der Waals surface area contributed by atoms with Crippen molar-refractivity contribution >= 4 is 13.1 Å². The van der Waals surface area contributed by atoms with Crippen molar-refractivity contribution < 1.29 is 19.4 Å². The Labute approximate surface area is 168 Å². The molecule has 0 bridgehead atoms. The van der Waals surface area contributed by atoms with E-state index in [1.165, 1.54) is 6.42 Å². The summed E-state index contributed by atoms with van der Waals surface area (Å²) in [7, 11) is -3.29. The lowest BCUT2D eigenvalue weighted by Crippen LogP contribution is -2.32. The van der Waals surface area contributed by atoms with Gasteiger partial charge in [0.25, 0.3) is 0 Å². The van der Waals surface area contributed by atoms with Crippen molar-refractivity contribution in [2.75, 3.05) is 30.5 Å². The molecule has 2 unspecified atom stereocenters. The minimum Gasteiger partial charge on any atom is -0.391 e. The zero-order valence-corrected chi connectivity index (χ0v) is 17.6. The lowest BCUT2D eigenvalue weighted by atomic mass is 9.91. The Bertz CT molecular complexity index is 697. The highest BCUT2D eigenvalue weighted by Gasteiger charge is 2.28. The van der Waals surface area contributed by atoms with E-state index in [0.29, 0.717) is 18.6 Å². The second-order valence-electron chi connectivity index (χ2n) is 8.13. The van der Waals surface area contributed by atoms with Gasteiger partial charge in [0.15, 0.2) is 0 Å². The molecule has 1 aromatic rings. The molecule has 28 heavy (non-hydrogen) atoms. The summed E-state index contributed by atoms with van der Waals surface area (Å²) >= 11 is 0. The fourth-order valence-electron chi connectivity index (χ4n) is 4.09. The number of hydroxylamine groups is 1. The molecule has 6 nitrogen and oxygen atoms in total. The molecule has 1 fully saturated rings. The van der Waals surface area contributed by atoms with Crippen LogP contribution in [0, 0.1) is 5.92 Å². The second kappa shape index (κ2) is 9.93. The molecule has 0 aromatic heterocycles. The number of rotatable bonds is 9. The number of benzene rings is 1. The first kappa shape index (κ1) is 21.4. The highest BCUT2D eigenvalue weighted by Crippen LogP contribution is 2.45. The van der Waals surface area contributed by atoms with E-state index in [1.807, 2.05) is 31.2 Å². The zero-order valence-electron chi connectivity index (χ0n) is 16.7. The molecule has 1 heterocycles. The highest BCUT2D eigenvalue weighted by molar-refractivity contribution is 7.58. The van der Waals surface area contributed by atoms with Crippen LogP contribution in [0.1, 0.15) is 50.6 Å². The first-order valence-corrected chi connectivity index (χ1v) is 12.4. The Morgan fingerprint density at radius 1 is 1.32 bits per heavy atom. The minimum atomic E-state index is -3.29. The molecular formula is C21H33N2O4P.